The molecule has 0 unspecified atom stereocenters. The van der Waals surface area contributed by atoms with Gasteiger partial charge in [-0.2, -0.15) is 8.42 Å². The fourth-order valence-electron chi connectivity index (χ4n) is 1.96. The fourth-order valence-corrected chi connectivity index (χ4v) is 2.63. The Morgan fingerprint density at radius 1 is 1.41 bits per heavy atom. The van der Waals surface area contributed by atoms with Crippen molar-refractivity contribution >= 4 is 39.4 Å². The Kier molecular flexibility index (Phi) is 6.63. The van der Waals surface area contributed by atoms with Crippen LogP contribution in [0.4, 0.5) is 5.69 Å². The molecule has 1 N–H and O–H groups in total. The van der Waals surface area contributed by atoms with Crippen LogP contribution in [0.2, 0.25) is 0 Å². The number of hydrogen-bond donors (Lipinski definition) is 1. The lowest BCUT2D eigenvalue weighted by Crippen LogP contribution is -2.46. The molecule has 1 aromatic rings. The highest BCUT2D eigenvalue weighted by Gasteiger charge is 2.21. The Morgan fingerprint density at radius 3 is 2.55 bits per heavy atom. The minimum absolute atomic E-state index is 0.0730. The van der Waals surface area contributed by atoms with Crippen molar-refractivity contribution in [2.24, 2.45) is 4.36 Å². The Bertz CT molecular complexity index is 704. The summed E-state index contributed by atoms with van der Waals surface area (Å²) in [6.07, 6.45) is 0.119. The minimum atomic E-state index is -2.52. The van der Waals surface area contributed by atoms with Crippen LogP contribution >= 0.6 is 12.2 Å². The minimum Gasteiger partial charge on any atom is -0.365 e. The summed E-state index contributed by atoms with van der Waals surface area (Å²) < 4.78 is 24.9. The van der Waals surface area contributed by atoms with Crippen molar-refractivity contribution in [3.8, 4) is 0 Å². The van der Waals surface area contributed by atoms with Crippen LogP contribution in [0.5, 0.6) is 0 Å². The van der Waals surface area contributed by atoms with E-state index >= 15 is 0 Å². The van der Waals surface area contributed by atoms with Gasteiger partial charge in [0.1, 0.15) is 0 Å². The van der Waals surface area contributed by atoms with Crippen molar-refractivity contribution in [1.82, 2.24) is 10.2 Å². The van der Waals surface area contributed by atoms with Crippen LogP contribution in [0.25, 0.3) is 0 Å². The quantitative estimate of drug-likeness (QED) is 0.847. The summed E-state index contributed by atoms with van der Waals surface area (Å²) in [5, 5.41) is 3.16. The van der Waals surface area contributed by atoms with Crippen LogP contribution in [0.15, 0.2) is 22.6 Å². The number of carbonyl (C=O) groups excluding carboxylic acids is 1. The highest BCUT2D eigenvalue weighted by molar-refractivity contribution is 7.80. The van der Waals surface area contributed by atoms with Gasteiger partial charge in [0.2, 0.25) is 5.91 Å². The van der Waals surface area contributed by atoms with Gasteiger partial charge in [-0.15, -0.1) is 4.36 Å². The predicted octanol–water partition coefficient (Wildman–Crippen LogP) is 1.97. The van der Waals surface area contributed by atoms with Gasteiger partial charge in [0.05, 0.1) is 12.1 Å². The first kappa shape index (κ1) is 18.2. The van der Waals surface area contributed by atoms with Crippen LogP contribution < -0.4 is 5.32 Å². The second kappa shape index (κ2) is 8.00. The molecule has 0 fully saturated rings. The zero-order valence-electron chi connectivity index (χ0n) is 13.0. The lowest BCUT2D eigenvalue weighted by molar-refractivity contribution is -0.127. The van der Waals surface area contributed by atoms with Gasteiger partial charge in [-0.1, -0.05) is 12.1 Å². The molecular weight excluding hydrogens is 322 g/mol. The summed E-state index contributed by atoms with van der Waals surface area (Å²) in [6, 6.07) is 5.05. The first-order valence-electron chi connectivity index (χ1n) is 6.70. The molecule has 1 rings (SSSR count). The van der Waals surface area contributed by atoms with E-state index in [1.54, 1.807) is 32.2 Å². The van der Waals surface area contributed by atoms with E-state index in [1.807, 2.05) is 13.8 Å². The molecule has 0 aliphatic carbocycles. The summed E-state index contributed by atoms with van der Waals surface area (Å²) in [7, 11) is -0.860. The molecule has 8 heteroatoms. The maximum Gasteiger partial charge on any atom is 0.316 e. The molecule has 0 atom stereocenters. The zero-order valence-corrected chi connectivity index (χ0v) is 14.6. The number of aryl methyl sites for hydroxylation is 1. The van der Waals surface area contributed by atoms with Crippen molar-refractivity contribution in [2.45, 2.75) is 33.2 Å². The van der Waals surface area contributed by atoms with Gasteiger partial charge in [-0.25, -0.2) is 0 Å². The van der Waals surface area contributed by atoms with Crippen molar-refractivity contribution < 1.29 is 13.2 Å². The first-order chi connectivity index (χ1) is 10.3. The molecule has 0 saturated heterocycles. The average Bonchev–Trinajstić information content (AvgIpc) is 2.41. The fraction of sp³-hybridized carbons (Fsp3) is 0.429. The second-order valence-corrected chi connectivity index (χ2v) is 6.02. The van der Waals surface area contributed by atoms with Crippen LogP contribution in [0.1, 0.15) is 25.0 Å². The van der Waals surface area contributed by atoms with E-state index in [0.717, 1.165) is 5.56 Å². The number of benzene rings is 1. The maximum atomic E-state index is 12.4. The lowest BCUT2D eigenvalue weighted by Gasteiger charge is -2.26. The summed E-state index contributed by atoms with van der Waals surface area (Å²) in [6.45, 7) is 5.50. The zero-order chi connectivity index (χ0) is 16.9. The molecule has 22 heavy (non-hydrogen) atoms. The van der Waals surface area contributed by atoms with Gasteiger partial charge in [0.15, 0.2) is 5.11 Å². The van der Waals surface area contributed by atoms with Crippen molar-refractivity contribution in [3.05, 3.63) is 29.3 Å². The standard InChI is InChI=1S/C14H19N3O3S2/c1-9(2)17(14(21)15-4)13(18)8-11-6-5-10(3)12(7-11)16-22(19)20/h5-7,9H,8H2,1-4H3,(H,15,21). The third-order valence-electron chi connectivity index (χ3n) is 3.02. The summed E-state index contributed by atoms with van der Waals surface area (Å²) in [4.78, 5) is 13.9. The Morgan fingerprint density at radius 2 is 2.05 bits per heavy atom. The van der Waals surface area contributed by atoms with E-state index in [-0.39, 0.29) is 18.4 Å². The second-order valence-electron chi connectivity index (χ2n) is 5.02. The number of thiocarbonyl (C=S) groups is 1. The molecule has 1 aromatic carbocycles. The van der Waals surface area contributed by atoms with Gasteiger partial charge in [-0.05, 0) is 50.2 Å². The summed E-state index contributed by atoms with van der Waals surface area (Å²) >= 11 is 5.14. The van der Waals surface area contributed by atoms with Gasteiger partial charge >= 0.3 is 10.5 Å². The van der Waals surface area contributed by atoms with Crippen LogP contribution in [0, 0.1) is 6.92 Å². The Hall–Kier alpha value is -1.80. The summed E-state index contributed by atoms with van der Waals surface area (Å²) in [5.74, 6) is -0.160. The van der Waals surface area contributed by atoms with Gasteiger partial charge in [0.25, 0.3) is 0 Å². The molecule has 0 bridgehead atoms. The van der Waals surface area contributed by atoms with E-state index in [9.17, 15) is 13.2 Å². The molecule has 120 valence electrons. The van der Waals surface area contributed by atoms with Crippen LogP contribution in [0.3, 0.4) is 0 Å². The molecule has 0 heterocycles. The first-order valence-corrected chi connectivity index (χ1v) is 8.14. The van der Waals surface area contributed by atoms with E-state index in [4.69, 9.17) is 12.2 Å². The highest BCUT2D eigenvalue weighted by Crippen LogP contribution is 2.21. The monoisotopic (exact) mass is 341 g/mol. The smallest absolute Gasteiger partial charge is 0.316 e. The van der Waals surface area contributed by atoms with Crippen LogP contribution in [-0.4, -0.2) is 37.4 Å². The number of rotatable bonds is 4. The van der Waals surface area contributed by atoms with Crippen molar-refractivity contribution in [2.75, 3.05) is 7.05 Å². The molecule has 0 radical (unpaired) electrons. The molecule has 0 spiro atoms. The SMILES string of the molecule is CNC(=S)N(C(=O)Cc1ccc(C)c(N=S(=O)=O)c1)C(C)C. The molecule has 1 amide bonds. The topological polar surface area (TPSA) is 78.8 Å². The Labute approximate surface area is 137 Å². The van der Waals surface area contributed by atoms with E-state index in [1.165, 1.54) is 4.90 Å². The maximum absolute atomic E-state index is 12.4. The molecule has 6 nitrogen and oxygen atoms in total. The number of nitrogens with zero attached hydrogens (tertiary/aromatic N) is 2. The van der Waals surface area contributed by atoms with Crippen LogP contribution in [-0.2, 0) is 21.7 Å². The molecule has 0 saturated carbocycles. The van der Waals surface area contributed by atoms with Gasteiger partial charge in [-0.3, -0.25) is 9.69 Å². The van der Waals surface area contributed by atoms with Gasteiger partial charge in [0, 0.05) is 13.1 Å². The van der Waals surface area contributed by atoms with E-state index < -0.39 is 10.5 Å². The number of amides is 1. The number of hydrogen-bond acceptors (Lipinski definition) is 5. The average molecular weight is 341 g/mol. The van der Waals surface area contributed by atoms with Crippen molar-refractivity contribution in [1.29, 1.82) is 0 Å². The largest absolute Gasteiger partial charge is 0.365 e. The Balaban J connectivity index is 3.06. The summed E-state index contributed by atoms with van der Waals surface area (Å²) in [5.41, 5.74) is 1.75. The third-order valence-corrected chi connectivity index (χ3v) is 3.77. The molecule has 0 aliphatic heterocycles. The highest BCUT2D eigenvalue weighted by atomic mass is 32.2. The molecule has 0 aromatic heterocycles. The third kappa shape index (κ3) is 4.88. The molecular formula is C14H19N3O3S2. The number of nitrogens with one attached hydrogen (secondary N) is 1. The van der Waals surface area contributed by atoms with Crippen molar-refractivity contribution in [3.63, 3.8) is 0 Å². The number of carbonyl (C=O) groups is 1. The predicted molar refractivity (Wildman–Crippen MR) is 89.5 cm³/mol. The van der Waals surface area contributed by atoms with E-state index in [0.29, 0.717) is 16.4 Å². The van der Waals surface area contributed by atoms with Gasteiger partial charge < -0.3 is 5.32 Å². The normalized spacial score (nSPS) is 10.2. The molecule has 0 aliphatic rings. The van der Waals surface area contributed by atoms with E-state index in [2.05, 4.69) is 9.68 Å². The lowest BCUT2D eigenvalue weighted by atomic mass is 10.1.